The SMILES string of the molecule is Cc1ccc(Cl)cc1OCCCn1ccnc1. The Balaban J connectivity index is 1.80. The first-order chi connectivity index (χ1) is 8.25. The molecule has 4 heteroatoms. The summed E-state index contributed by atoms with van der Waals surface area (Å²) in [6, 6.07) is 5.69. The monoisotopic (exact) mass is 250 g/mol. The van der Waals surface area contributed by atoms with Gasteiger partial charge in [-0.2, -0.15) is 0 Å². The van der Waals surface area contributed by atoms with E-state index in [1.807, 2.05) is 42.2 Å². The first-order valence-corrected chi connectivity index (χ1v) is 5.98. The van der Waals surface area contributed by atoms with Crippen LogP contribution in [-0.4, -0.2) is 16.2 Å². The highest BCUT2D eigenvalue weighted by Crippen LogP contribution is 2.22. The summed E-state index contributed by atoms with van der Waals surface area (Å²) in [4.78, 5) is 3.99. The molecule has 1 aromatic heterocycles. The zero-order chi connectivity index (χ0) is 12.1. The Morgan fingerprint density at radius 1 is 1.41 bits per heavy atom. The van der Waals surface area contributed by atoms with E-state index in [0.717, 1.165) is 24.3 Å². The second-order valence-electron chi connectivity index (χ2n) is 3.91. The van der Waals surface area contributed by atoms with E-state index in [1.54, 1.807) is 6.20 Å². The summed E-state index contributed by atoms with van der Waals surface area (Å²) in [5, 5.41) is 0.709. The summed E-state index contributed by atoms with van der Waals surface area (Å²) in [6.45, 7) is 3.61. The van der Waals surface area contributed by atoms with Gasteiger partial charge in [0, 0.05) is 24.0 Å². The lowest BCUT2D eigenvalue weighted by atomic mass is 10.2. The van der Waals surface area contributed by atoms with Gasteiger partial charge in [0.1, 0.15) is 5.75 Å². The standard InChI is InChI=1S/C13H15ClN2O/c1-11-3-4-12(14)9-13(11)17-8-2-6-16-7-5-15-10-16/h3-5,7,9-10H,2,6,8H2,1H3. The van der Waals surface area contributed by atoms with Gasteiger partial charge in [-0.3, -0.25) is 0 Å². The highest BCUT2D eigenvalue weighted by molar-refractivity contribution is 6.30. The van der Waals surface area contributed by atoms with Gasteiger partial charge in [-0.25, -0.2) is 4.98 Å². The van der Waals surface area contributed by atoms with Crippen molar-refractivity contribution in [1.29, 1.82) is 0 Å². The third kappa shape index (κ3) is 3.49. The first kappa shape index (κ1) is 12.0. The van der Waals surface area contributed by atoms with Crippen LogP contribution in [0.3, 0.4) is 0 Å². The average molecular weight is 251 g/mol. The molecule has 0 amide bonds. The molecule has 0 unspecified atom stereocenters. The van der Waals surface area contributed by atoms with Gasteiger partial charge in [0.05, 0.1) is 12.9 Å². The average Bonchev–Trinajstić information content (AvgIpc) is 2.82. The van der Waals surface area contributed by atoms with Gasteiger partial charge in [0.15, 0.2) is 0 Å². The molecule has 0 fully saturated rings. The highest BCUT2D eigenvalue weighted by Gasteiger charge is 2.00. The second-order valence-corrected chi connectivity index (χ2v) is 4.35. The fourth-order valence-corrected chi connectivity index (χ4v) is 1.74. The van der Waals surface area contributed by atoms with E-state index < -0.39 is 0 Å². The topological polar surface area (TPSA) is 27.1 Å². The van der Waals surface area contributed by atoms with Gasteiger partial charge in [-0.1, -0.05) is 17.7 Å². The van der Waals surface area contributed by atoms with Crippen LogP contribution in [0.2, 0.25) is 5.02 Å². The lowest BCUT2D eigenvalue weighted by molar-refractivity contribution is 0.300. The maximum atomic E-state index is 5.92. The zero-order valence-electron chi connectivity index (χ0n) is 9.77. The molecule has 17 heavy (non-hydrogen) atoms. The van der Waals surface area contributed by atoms with Crippen LogP contribution in [0.5, 0.6) is 5.75 Å². The molecule has 0 saturated heterocycles. The van der Waals surface area contributed by atoms with Crippen molar-refractivity contribution < 1.29 is 4.74 Å². The fraction of sp³-hybridized carbons (Fsp3) is 0.308. The maximum absolute atomic E-state index is 5.92. The number of rotatable bonds is 5. The van der Waals surface area contributed by atoms with Gasteiger partial charge in [-0.15, -0.1) is 0 Å². The quantitative estimate of drug-likeness (QED) is 0.762. The minimum atomic E-state index is 0.680. The molecule has 0 aliphatic heterocycles. The predicted octanol–water partition coefficient (Wildman–Crippen LogP) is 3.31. The smallest absolute Gasteiger partial charge is 0.123 e. The molecular weight excluding hydrogens is 236 g/mol. The number of halogens is 1. The van der Waals surface area contributed by atoms with E-state index in [1.165, 1.54) is 0 Å². The molecule has 0 saturated carbocycles. The Morgan fingerprint density at radius 3 is 3.06 bits per heavy atom. The number of imidazole rings is 1. The maximum Gasteiger partial charge on any atom is 0.123 e. The summed E-state index contributed by atoms with van der Waals surface area (Å²) >= 11 is 5.92. The number of aryl methyl sites for hydroxylation is 2. The minimum Gasteiger partial charge on any atom is -0.493 e. The molecule has 90 valence electrons. The van der Waals surface area contributed by atoms with Crippen molar-refractivity contribution in [3.8, 4) is 5.75 Å². The second kappa shape index (κ2) is 5.73. The number of benzene rings is 1. The summed E-state index contributed by atoms with van der Waals surface area (Å²) in [7, 11) is 0. The molecule has 1 aromatic carbocycles. The Bertz CT molecular complexity index is 468. The number of aromatic nitrogens is 2. The van der Waals surface area contributed by atoms with Crippen LogP contribution in [-0.2, 0) is 6.54 Å². The third-order valence-electron chi connectivity index (χ3n) is 2.53. The molecule has 2 rings (SSSR count). The molecule has 0 aliphatic carbocycles. The highest BCUT2D eigenvalue weighted by atomic mass is 35.5. The lowest BCUT2D eigenvalue weighted by Gasteiger charge is -2.09. The lowest BCUT2D eigenvalue weighted by Crippen LogP contribution is -2.03. The molecule has 0 bridgehead atoms. The molecule has 3 nitrogen and oxygen atoms in total. The Morgan fingerprint density at radius 2 is 2.29 bits per heavy atom. The van der Waals surface area contributed by atoms with Crippen LogP contribution in [0, 0.1) is 6.92 Å². The van der Waals surface area contributed by atoms with Crippen molar-refractivity contribution in [2.45, 2.75) is 19.9 Å². The van der Waals surface area contributed by atoms with E-state index in [4.69, 9.17) is 16.3 Å². The number of nitrogens with zero attached hydrogens (tertiary/aromatic N) is 2. The molecule has 2 aromatic rings. The van der Waals surface area contributed by atoms with Gasteiger partial charge >= 0.3 is 0 Å². The van der Waals surface area contributed by atoms with Gasteiger partial charge < -0.3 is 9.30 Å². The summed E-state index contributed by atoms with van der Waals surface area (Å²) in [5.74, 6) is 0.864. The zero-order valence-corrected chi connectivity index (χ0v) is 10.5. The van der Waals surface area contributed by atoms with Crippen LogP contribution < -0.4 is 4.74 Å². The summed E-state index contributed by atoms with van der Waals surface area (Å²) in [6.07, 6.45) is 6.49. The van der Waals surface area contributed by atoms with E-state index in [2.05, 4.69) is 4.98 Å². The third-order valence-corrected chi connectivity index (χ3v) is 2.76. The number of ether oxygens (including phenoxy) is 1. The Kier molecular flexibility index (Phi) is 4.04. The van der Waals surface area contributed by atoms with Gasteiger partial charge in [0.25, 0.3) is 0 Å². The van der Waals surface area contributed by atoms with Crippen LogP contribution in [0.4, 0.5) is 0 Å². The van der Waals surface area contributed by atoms with Crippen molar-refractivity contribution in [3.05, 3.63) is 47.5 Å². The fourth-order valence-electron chi connectivity index (χ4n) is 1.58. The molecular formula is C13H15ClN2O. The van der Waals surface area contributed by atoms with Crippen molar-refractivity contribution in [2.24, 2.45) is 0 Å². The van der Waals surface area contributed by atoms with Crippen LogP contribution in [0.25, 0.3) is 0 Å². The minimum absolute atomic E-state index is 0.680. The Hall–Kier alpha value is -1.48. The van der Waals surface area contributed by atoms with Crippen LogP contribution in [0.15, 0.2) is 36.9 Å². The van der Waals surface area contributed by atoms with E-state index in [9.17, 15) is 0 Å². The van der Waals surface area contributed by atoms with Crippen LogP contribution >= 0.6 is 11.6 Å². The number of hydrogen-bond donors (Lipinski definition) is 0. The van der Waals surface area contributed by atoms with Crippen LogP contribution in [0.1, 0.15) is 12.0 Å². The molecule has 0 radical (unpaired) electrons. The summed E-state index contributed by atoms with van der Waals surface area (Å²) < 4.78 is 7.73. The van der Waals surface area contributed by atoms with Crippen molar-refractivity contribution >= 4 is 11.6 Å². The largest absolute Gasteiger partial charge is 0.493 e. The Labute approximate surface area is 106 Å². The van der Waals surface area contributed by atoms with Crippen molar-refractivity contribution in [3.63, 3.8) is 0 Å². The van der Waals surface area contributed by atoms with Gasteiger partial charge in [0.2, 0.25) is 0 Å². The normalized spacial score (nSPS) is 10.5. The predicted molar refractivity (Wildman–Crippen MR) is 68.5 cm³/mol. The first-order valence-electron chi connectivity index (χ1n) is 5.60. The number of hydrogen-bond acceptors (Lipinski definition) is 2. The molecule has 0 aliphatic rings. The summed E-state index contributed by atoms with van der Waals surface area (Å²) in [5.41, 5.74) is 1.11. The van der Waals surface area contributed by atoms with Crippen molar-refractivity contribution in [1.82, 2.24) is 9.55 Å². The van der Waals surface area contributed by atoms with E-state index >= 15 is 0 Å². The van der Waals surface area contributed by atoms with E-state index in [-0.39, 0.29) is 0 Å². The van der Waals surface area contributed by atoms with Crippen molar-refractivity contribution in [2.75, 3.05) is 6.61 Å². The van der Waals surface area contributed by atoms with Gasteiger partial charge in [-0.05, 0) is 31.0 Å². The molecule has 0 N–H and O–H groups in total. The molecule has 1 heterocycles. The molecule has 0 spiro atoms. The molecule has 0 atom stereocenters. The van der Waals surface area contributed by atoms with E-state index in [0.29, 0.717) is 11.6 Å².